The molecular formula is C19H19FN4O3S. The Morgan fingerprint density at radius 1 is 1.21 bits per heavy atom. The Bertz CT molecular complexity index is 1080. The highest BCUT2D eigenvalue weighted by Gasteiger charge is 2.24. The Morgan fingerprint density at radius 2 is 2.00 bits per heavy atom. The van der Waals surface area contributed by atoms with Gasteiger partial charge >= 0.3 is 0 Å². The fourth-order valence-electron chi connectivity index (χ4n) is 3.08. The maximum atomic E-state index is 14.0. The van der Waals surface area contributed by atoms with Crippen molar-refractivity contribution in [1.82, 2.24) is 4.90 Å². The van der Waals surface area contributed by atoms with Crippen molar-refractivity contribution in [3.8, 4) is 11.5 Å². The van der Waals surface area contributed by atoms with Crippen LogP contribution in [0.5, 0.6) is 11.5 Å². The molecule has 0 saturated heterocycles. The molecule has 4 rings (SSSR count). The van der Waals surface area contributed by atoms with Crippen molar-refractivity contribution in [2.45, 2.75) is 13.3 Å². The standard InChI is InChI=1S/C19H19FN4O3S/c1-2-9-28(25,26)23-18-11-14(3-5-16(18)20)27-13-4-6-17-15(10-13)19-21-7-8-24(19)12-22-17/h3-6,10-12,23H,2,7-9H2,1H3. The normalized spacial score (nSPS) is 15.1. The zero-order chi connectivity index (χ0) is 19.7. The van der Waals surface area contributed by atoms with Gasteiger partial charge in [0.2, 0.25) is 10.0 Å². The van der Waals surface area contributed by atoms with Crippen LogP contribution in [0.3, 0.4) is 0 Å². The summed E-state index contributed by atoms with van der Waals surface area (Å²) in [7, 11) is -3.60. The van der Waals surface area contributed by atoms with Crippen molar-refractivity contribution in [3.05, 3.63) is 47.8 Å². The van der Waals surface area contributed by atoms with Crippen LogP contribution in [0.25, 0.3) is 0 Å². The number of sulfonamides is 1. The van der Waals surface area contributed by atoms with Gasteiger partial charge in [-0.05, 0) is 36.8 Å². The number of amidine groups is 1. The summed E-state index contributed by atoms with van der Waals surface area (Å²) in [5.41, 5.74) is 1.53. The number of halogens is 1. The maximum Gasteiger partial charge on any atom is 0.232 e. The summed E-state index contributed by atoms with van der Waals surface area (Å²) in [5, 5.41) is 0. The number of benzene rings is 2. The van der Waals surface area contributed by atoms with Crippen molar-refractivity contribution in [2.24, 2.45) is 9.98 Å². The third-order valence-electron chi connectivity index (χ3n) is 4.33. The van der Waals surface area contributed by atoms with Gasteiger partial charge in [0.15, 0.2) is 0 Å². The number of hydrogen-bond donors (Lipinski definition) is 1. The third-order valence-corrected chi connectivity index (χ3v) is 5.81. The molecule has 0 radical (unpaired) electrons. The molecule has 0 spiro atoms. The summed E-state index contributed by atoms with van der Waals surface area (Å²) < 4.78 is 46.0. The minimum Gasteiger partial charge on any atom is -0.457 e. The van der Waals surface area contributed by atoms with Gasteiger partial charge in [-0.25, -0.2) is 17.8 Å². The molecule has 0 amide bonds. The number of anilines is 1. The number of fused-ring (bicyclic) bond motifs is 3. The third kappa shape index (κ3) is 3.70. The first kappa shape index (κ1) is 18.4. The van der Waals surface area contributed by atoms with E-state index in [0.717, 1.165) is 23.6 Å². The molecule has 0 atom stereocenters. The number of aliphatic imine (C=N–C) groups is 2. The van der Waals surface area contributed by atoms with Crippen LogP contribution in [0.4, 0.5) is 15.8 Å². The Kier molecular flexibility index (Phi) is 4.76. The molecular weight excluding hydrogens is 383 g/mol. The van der Waals surface area contributed by atoms with E-state index in [0.29, 0.717) is 24.5 Å². The van der Waals surface area contributed by atoms with Gasteiger partial charge in [0.25, 0.3) is 0 Å². The van der Waals surface area contributed by atoms with Crippen LogP contribution in [0.15, 0.2) is 46.4 Å². The molecule has 0 unspecified atom stereocenters. The van der Waals surface area contributed by atoms with Gasteiger partial charge in [0.05, 0.1) is 30.0 Å². The number of ether oxygens (including phenoxy) is 1. The first-order valence-electron chi connectivity index (χ1n) is 8.93. The number of nitrogens with zero attached hydrogens (tertiary/aromatic N) is 3. The van der Waals surface area contributed by atoms with E-state index in [4.69, 9.17) is 4.74 Å². The van der Waals surface area contributed by atoms with E-state index in [-0.39, 0.29) is 11.4 Å². The lowest BCUT2D eigenvalue weighted by molar-refractivity contribution is 0.481. The SMILES string of the molecule is CCCS(=O)(=O)Nc1cc(Oc2ccc3c(c2)C2=NCCN2C=N3)ccc1F. The van der Waals surface area contributed by atoms with Crippen LogP contribution < -0.4 is 9.46 Å². The first-order valence-corrected chi connectivity index (χ1v) is 10.6. The van der Waals surface area contributed by atoms with Crippen LogP contribution in [0.1, 0.15) is 18.9 Å². The molecule has 1 N–H and O–H groups in total. The second kappa shape index (κ2) is 7.23. The highest BCUT2D eigenvalue weighted by Crippen LogP contribution is 2.33. The van der Waals surface area contributed by atoms with Crippen LogP contribution in [-0.2, 0) is 10.0 Å². The van der Waals surface area contributed by atoms with Crippen molar-refractivity contribution in [3.63, 3.8) is 0 Å². The van der Waals surface area contributed by atoms with Gasteiger partial charge in [0, 0.05) is 18.2 Å². The average molecular weight is 402 g/mol. The molecule has 0 bridgehead atoms. The lowest BCUT2D eigenvalue weighted by Crippen LogP contribution is -2.29. The van der Waals surface area contributed by atoms with Crippen molar-refractivity contribution < 1.29 is 17.5 Å². The summed E-state index contributed by atoms with van der Waals surface area (Å²) in [5.74, 6) is 0.950. The summed E-state index contributed by atoms with van der Waals surface area (Å²) in [4.78, 5) is 10.9. The second-order valence-electron chi connectivity index (χ2n) is 6.49. The summed E-state index contributed by atoms with van der Waals surface area (Å²) in [6, 6.07) is 9.36. The van der Waals surface area contributed by atoms with Crippen molar-refractivity contribution in [1.29, 1.82) is 0 Å². The zero-order valence-electron chi connectivity index (χ0n) is 15.2. The second-order valence-corrected chi connectivity index (χ2v) is 8.33. The van der Waals surface area contributed by atoms with E-state index in [1.54, 1.807) is 19.3 Å². The van der Waals surface area contributed by atoms with Gasteiger partial charge < -0.3 is 9.64 Å². The average Bonchev–Trinajstić information content (AvgIpc) is 3.13. The van der Waals surface area contributed by atoms with Crippen molar-refractivity contribution in [2.75, 3.05) is 23.6 Å². The van der Waals surface area contributed by atoms with E-state index in [9.17, 15) is 12.8 Å². The number of rotatable bonds is 6. The largest absolute Gasteiger partial charge is 0.457 e. The summed E-state index contributed by atoms with van der Waals surface area (Å²) in [6.07, 6.45) is 2.20. The predicted octanol–water partition coefficient (Wildman–Crippen LogP) is 3.51. The highest BCUT2D eigenvalue weighted by atomic mass is 32.2. The van der Waals surface area contributed by atoms with E-state index in [2.05, 4.69) is 14.7 Å². The molecule has 2 aliphatic heterocycles. The Morgan fingerprint density at radius 3 is 2.82 bits per heavy atom. The molecule has 0 aliphatic carbocycles. The Hall–Kier alpha value is -2.94. The van der Waals surface area contributed by atoms with E-state index >= 15 is 0 Å². The quantitative estimate of drug-likeness (QED) is 0.802. The zero-order valence-corrected chi connectivity index (χ0v) is 16.0. The molecule has 0 fully saturated rings. The molecule has 146 valence electrons. The van der Waals surface area contributed by atoms with Crippen LogP contribution in [0.2, 0.25) is 0 Å². The smallest absolute Gasteiger partial charge is 0.232 e. The Balaban J connectivity index is 1.59. The fraction of sp³-hybridized carbons (Fsp3) is 0.263. The first-order chi connectivity index (χ1) is 13.4. The summed E-state index contributed by atoms with van der Waals surface area (Å²) in [6.45, 7) is 3.25. The van der Waals surface area contributed by atoms with Gasteiger partial charge in [-0.15, -0.1) is 0 Å². The molecule has 9 heteroatoms. The van der Waals surface area contributed by atoms with Gasteiger partial charge in [0.1, 0.15) is 23.2 Å². The highest BCUT2D eigenvalue weighted by molar-refractivity contribution is 7.92. The van der Waals surface area contributed by atoms with Gasteiger partial charge in [-0.2, -0.15) is 0 Å². The topological polar surface area (TPSA) is 83.4 Å². The predicted molar refractivity (Wildman–Crippen MR) is 107 cm³/mol. The van der Waals surface area contributed by atoms with Crippen LogP contribution in [0, 0.1) is 5.82 Å². The monoisotopic (exact) mass is 402 g/mol. The number of hydrogen-bond acceptors (Lipinski definition) is 6. The minimum absolute atomic E-state index is 0.0819. The molecule has 2 aromatic rings. The summed E-state index contributed by atoms with van der Waals surface area (Å²) >= 11 is 0. The molecule has 0 saturated carbocycles. The molecule has 2 aliphatic rings. The van der Waals surface area contributed by atoms with Crippen molar-refractivity contribution >= 4 is 33.6 Å². The lowest BCUT2D eigenvalue weighted by atomic mass is 10.1. The lowest BCUT2D eigenvalue weighted by Gasteiger charge is -2.21. The minimum atomic E-state index is -3.60. The Labute approximate surface area is 162 Å². The van der Waals surface area contributed by atoms with E-state index < -0.39 is 15.8 Å². The van der Waals surface area contributed by atoms with Crippen LogP contribution >= 0.6 is 0 Å². The molecule has 2 heterocycles. The molecule has 0 aromatic heterocycles. The van der Waals surface area contributed by atoms with E-state index in [1.165, 1.54) is 18.2 Å². The van der Waals surface area contributed by atoms with Gasteiger partial charge in [-0.1, -0.05) is 6.92 Å². The van der Waals surface area contributed by atoms with Crippen LogP contribution in [-0.4, -0.2) is 44.3 Å². The maximum absolute atomic E-state index is 14.0. The van der Waals surface area contributed by atoms with Gasteiger partial charge in [-0.3, -0.25) is 9.71 Å². The van der Waals surface area contributed by atoms with E-state index in [1.807, 2.05) is 17.0 Å². The number of nitrogens with one attached hydrogen (secondary N) is 1. The molecule has 2 aromatic carbocycles. The molecule has 28 heavy (non-hydrogen) atoms. The fourth-order valence-corrected chi connectivity index (χ4v) is 4.22. The molecule has 7 nitrogen and oxygen atoms in total.